The molecule has 272 valence electrons. The van der Waals surface area contributed by atoms with Crippen LogP contribution in [0.15, 0.2) is 18.2 Å². The third kappa shape index (κ3) is 24.7. The van der Waals surface area contributed by atoms with Crippen molar-refractivity contribution in [3.8, 4) is 5.75 Å². The summed E-state index contributed by atoms with van der Waals surface area (Å²) < 4.78 is 6.18. The minimum absolute atomic E-state index is 0.0880. The van der Waals surface area contributed by atoms with Gasteiger partial charge in [-0.2, -0.15) is 0 Å². The van der Waals surface area contributed by atoms with Crippen LogP contribution in [0.4, 0.5) is 0 Å². The molecule has 0 fully saturated rings. The average Bonchev–Trinajstić information content (AvgIpc) is 3.08. The van der Waals surface area contributed by atoms with E-state index in [0.717, 1.165) is 38.5 Å². The van der Waals surface area contributed by atoms with Gasteiger partial charge in [0, 0.05) is 18.7 Å². The van der Waals surface area contributed by atoms with Crippen molar-refractivity contribution < 1.29 is 14.3 Å². The molecule has 0 bridgehead atoms. The average molecular weight is 657 g/mol. The van der Waals surface area contributed by atoms with Crippen LogP contribution < -0.4 is 15.4 Å². The highest BCUT2D eigenvalue weighted by Crippen LogP contribution is 2.22. The lowest BCUT2D eigenvalue weighted by atomic mass is 10.1. The molecular formula is C42H76N2O3. The highest BCUT2D eigenvalue weighted by atomic mass is 16.5. The first-order chi connectivity index (χ1) is 23.1. The van der Waals surface area contributed by atoms with Gasteiger partial charge < -0.3 is 15.4 Å². The van der Waals surface area contributed by atoms with Crippen LogP contribution in [0.2, 0.25) is 0 Å². The Balaban J connectivity index is 2.51. The highest BCUT2D eigenvalue weighted by Gasteiger charge is 2.16. The van der Waals surface area contributed by atoms with E-state index < -0.39 is 0 Å². The minimum Gasteiger partial charge on any atom is -0.493 e. The number of carbonyl (C=O) groups excluding carboxylic acids is 2. The van der Waals surface area contributed by atoms with E-state index >= 15 is 0 Å². The van der Waals surface area contributed by atoms with Crippen LogP contribution >= 0.6 is 0 Å². The van der Waals surface area contributed by atoms with Gasteiger partial charge in [-0.15, -0.1) is 0 Å². The Hall–Kier alpha value is -2.04. The Kier molecular flexibility index (Phi) is 29.7. The maximum atomic E-state index is 13.2. The van der Waals surface area contributed by atoms with Crippen LogP contribution in [0.5, 0.6) is 5.75 Å². The molecule has 0 aromatic heterocycles. The Bertz CT molecular complexity index is 871. The quantitative estimate of drug-likeness (QED) is 0.0725. The number of amides is 2. The van der Waals surface area contributed by atoms with Gasteiger partial charge in [0.2, 0.25) is 0 Å². The highest BCUT2D eigenvalue weighted by molar-refractivity contribution is 6.00. The van der Waals surface area contributed by atoms with Crippen molar-refractivity contribution >= 4 is 11.8 Å². The summed E-state index contributed by atoms with van der Waals surface area (Å²) in [6, 6.07) is 5.31. The molecule has 1 rings (SSSR count). The Labute approximate surface area is 291 Å². The molecule has 1 aromatic rings. The molecule has 0 radical (unpaired) electrons. The summed E-state index contributed by atoms with van der Waals surface area (Å²) in [5.41, 5.74) is 1.10. The van der Waals surface area contributed by atoms with Crippen molar-refractivity contribution in [2.75, 3.05) is 19.7 Å². The van der Waals surface area contributed by atoms with Gasteiger partial charge in [0.15, 0.2) is 0 Å². The lowest BCUT2D eigenvalue weighted by Gasteiger charge is -2.14. The zero-order chi connectivity index (χ0) is 34.0. The van der Waals surface area contributed by atoms with Crippen molar-refractivity contribution in [1.29, 1.82) is 0 Å². The second kappa shape index (κ2) is 32.5. The molecule has 2 N–H and O–H groups in total. The molecule has 0 spiro atoms. The third-order valence-corrected chi connectivity index (χ3v) is 9.38. The lowest BCUT2D eigenvalue weighted by Crippen LogP contribution is -2.26. The summed E-state index contributed by atoms with van der Waals surface area (Å²) in [5.74, 6) is 0.334. The van der Waals surface area contributed by atoms with Crippen molar-refractivity contribution in [3.05, 3.63) is 29.3 Å². The molecule has 5 heteroatoms. The predicted octanol–water partition coefficient (Wildman–Crippen LogP) is 12.5. The summed E-state index contributed by atoms with van der Waals surface area (Å²) >= 11 is 0. The monoisotopic (exact) mass is 657 g/mol. The van der Waals surface area contributed by atoms with Crippen molar-refractivity contribution in [3.63, 3.8) is 0 Å². The van der Waals surface area contributed by atoms with E-state index in [4.69, 9.17) is 4.74 Å². The van der Waals surface area contributed by atoms with Gasteiger partial charge in [-0.25, -0.2) is 0 Å². The van der Waals surface area contributed by atoms with E-state index in [2.05, 4.69) is 31.4 Å². The fourth-order valence-corrected chi connectivity index (χ4v) is 6.21. The molecule has 0 unspecified atom stereocenters. The van der Waals surface area contributed by atoms with Crippen LogP contribution in [0.3, 0.4) is 0 Å². The SMILES string of the molecule is CCCCCCCCCCCCOc1cc(C(=O)NCCCCCCCCCCC)ccc1C(=O)NCCCCCCCCCCC. The first kappa shape index (κ1) is 43.0. The first-order valence-electron chi connectivity index (χ1n) is 20.5. The molecule has 0 aliphatic heterocycles. The number of unbranched alkanes of at least 4 members (excludes halogenated alkanes) is 25. The fourth-order valence-electron chi connectivity index (χ4n) is 6.21. The number of nitrogens with one attached hydrogen (secondary N) is 2. The maximum Gasteiger partial charge on any atom is 0.255 e. The van der Waals surface area contributed by atoms with Gasteiger partial charge in [0.1, 0.15) is 5.75 Å². The molecule has 0 atom stereocenters. The molecular weight excluding hydrogens is 580 g/mol. The van der Waals surface area contributed by atoms with Crippen LogP contribution in [-0.2, 0) is 0 Å². The Morgan fingerprint density at radius 2 is 0.830 bits per heavy atom. The lowest BCUT2D eigenvalue weighted by molar-refractivity contribution is 0.0937. The number of rotatable bonds is 34. The van der Waals surface area contributed by atoms with Crippen LogP contribution in [0, 0.1) is 0 Å². The zero-order valence-electron chi connectivity index (χ0n) is 31.4. The standard InChI is InChI=1S/C42H76N2O3/c1-4-7-10-13-16-19-22-25-28-31-36-47-40-37-38(41(45)43-34-29-26-23-20-17-14-11-8-5-2)32-33-39(40)42(46)44-35-30-27-24-21-18-15-12-9-6-3/h32-33,37H,4-31,34-36H2,1-3H3,(H,43,45)(H,44,46). The fraction of sp³-hybridized carbons (Fsp3) is 0.810. The summed E-state index contributed by atoms with van der Waals surface area (Å²) in [4.78, 5) is 26.1. The largest absolute Gasteiger partial charge is 0.493 e. The second-order valence-electron chi connectivity index (χ2n) is 13.9. The van der Waals surface area contributed by atoms with Gasteiger partial charge in [-0.3, -0.25) is 9.59 Å². The second-order valence-corrected chi connectivity index (χ2v) is 13.9. The molecule has 47 heavy (non-hydrogen) atoms. The molecule has 0 heterocycles. The summed E-state index contributed by atoms with van der Waals surface area (Å²) in [5, 5.41) is 6.19. The van der Waals surface area contributed by atoms with E-state index in [-0.39, 0.29) is 11.8 Å². The van der Waals surface area contributed by atoms with Crippen molar-refractivity contribution in [2.24, 2.45) is 0 Å². The zero-order valence-corrected chi connectivity index (χ0v) is 31.4. The van der Waals surface area contributed by atoms with Gasteiger partial charge in [0.25, 0.3) is 11.8 Å². The normalized spacial score (nSPS) is 11.1. The van der Waals surface area contributed by atoms with Crippen molar-refractivity contribution in [2.45, 2.75) is 201 Å². The number of carbonyl (C=O) groups is 2. The summed E-state index contributed by atoms with van der Waals surface area (Å²) in [6.07, 6.45) is 35.4. The smallest absolute Gasteiger partial charge is 0.255 e. The van der Waals surface area contributed by atoms with Gasteiger partial charge in [0.05, 0.1) is 12.2 Å². The minimum atomic E-state index is -0.107. The van der Waals surface area contributed by atoms with E-state index in [0.29, 0.717) is 36.6 Å². The topological polar surface area (TPSA) is 67.4 Å². The van der Waals surface area contributed by atoms with Crippen LogP contribution in [-0.4, -0.2) is 31.5 Å². The molecule has 1 aromatic carbocycles. The molecule has 0 saturated carbocycles. The molecule has 0 saturated heterocycles. The van der Waals surface area contributed by atoms with Gasteiger partial charge in [-0.05, 0) is 37.5 Å². The molecule has 2 amide bonds. The third-order valence-electron chi connectivity index (χ3n) is 9.38. The maximum absolute atomic E-state index is 13.2. The molecule has 5 nitrogen and oxygen atoms in total. The first-order valence-corrected chi connectivity index (χ1v) is 20.5. The van der Waals surface area contributed by atoms with Gasteiger partial charge >= 0.3 is 0 Å². The van der Waals surface area contributed by atoms with Gasteiger partial charge in [-0.1, -0.05) is 181 Å². The van der Waals surface area contributed by atoms with Crippen LogP contribution in [0.25, 0.3) is 0 Å². The Morgan fingerprint density at radius 1 is 0.468 bits per heavy atom. The summed E-state index contributed by atoms with van der Waals surface area (Å²) in [6.45, 7) is 8.71. The molecule has 0 aliphatic rings. The number of benzene rings is 1. The van der Waals surface area contributed by atoms with Crippen molar-refractivity contribution in [1.82, 2.24) is 10.6 Å². The number of hydrogen-bond donors (Lipinski definition) is 2. The van der Waals surface area contributed by atoms with E-state index in [9.17, 15) is 9.59 Å². The number of ether oxygens (including phenoxy) is 1. The molecule has 0 aliphatic carbocycles. The van der Waals surface area contributed by atoms with E-state index in [1.54, 1.807) is 18.2 Å². The Morgan fingerprint density at radius 3 is 1.26 bits per heavy atom. The van der Waals surface area contributed by atoms with E-state index in [1.165, 1.54) is 141 Å². The summed E-state index contributed by atoms with van der Waals surface area (Å²) in [7, 11) is 0. The number of hydrogen-bond acceptors (Lipinski definition) is 3. The van der Waals surface area contributed by atoms with E-state index in [1.807, 2.05) is 0 Å². The van der Waals surface area contributed by atoms with Crippen LogP contribution in [0.1, 0.15) is 221 Å². The predicted molar refractivity (Wildman–Crippen MR) is 203 cm³/mol.